The summed E-state index contributed by atoms with van der Waals surface area (Å²) in [5.74, 6) is 1.03. The zero-order valence-corrected chi connectivity index (χ0v) is 28.5. The number of carbonyl (C=O) groups excluding carboxylic acids is 1. The molecule has 0 bridgehead atoms. The Morgan fingerprint density at radius 2 is 1.89 bits per heavy atom. The van der Waals surface area contributed by atoms with Crippen molar-refractivity contribution in [3.8, 4) is 11.4 Å². The molecular weight excluding hydrogens is 704 g/mol. The van der Waals surface area contributed by atoms with Gasteiger partial charge in [0.2, 0.25) is 5.82 Å². The maximum atomic E-state index is 12.8. The number of aromatic amines is 2. The number of anilines is 1. The third kappa shape index (κ3) is 6.87. The van der Waals surface area contributed by atoms with Gasteiger partial charge in [0, 0.05) is 41.2 Å². The number of aromatic nitrogens is 7. The third-order valence-electron chi connectivity index (χ3n) is 7.79. The molecule has 0 aliphatic carbocycles. The van der Waals surface area contributed by atoms with Crippen LogP contribution in [0.2, 0.25) is 0 Å². The highest BCUT2D eigenvalue weighted by atomic mass is 79.9. The van der Waals surface area contributed by atoms with Crippen molar-refractivity contribution in [1.82, 2.24) is 40.2 Å². The maximum absolute atomic E-state index is 12.8. The summed E-state index contributed by atoms with van der Waals surface area (Å²) in [5, 5.41) is 10.9. The smallest absolute Gasteiger partial charge is 0.410 e. The van der Waals surface area contributed by atoms with Crippen LogP contribution in [-0.4, -0.2) is 78.0 Å². The molecule has 2 aromatic carbocycles. The van der Waals surface area contributed by atoms with Crippen LogP contribution in [0.1, 0.15) is 43.6 Å². The highest BCUT2D eigenvalue weighted by Gasteiger charge is 2.32. The SMILES string of the molecule is CC(C)(C)OC(=O)N1CCN(C(Cc2ccccc2Br)c2cc(-c3nc(N)c4[nH]cnc4[n+]3Cc3cn[nH]n3)ccc2Br)CC1. The number of halogens is 2. The van der Waals surface area contributed by atoms with Gasteiger partial charge in [0.05, 0.1) is 11.8 Å². The molecule has 12 nitrogen and oxygen atoms in total. The lowest BCUT2D eigenvalue weighted by Crippen LogP contribution is -2.51. The molecular formula is C31H35Br2N10O2+. The fourth-order valence-electron chi connectivity index (χ4n) is 5.63. The number of imidazole rings is 1. The van der Waals surface area contributed by atoms with Gasteiger partial charge in [-0.1, -0.05) is 60.0 Å². The molecule has 234 valence electrons. The average Bonchev–Trinajstić information content (AvgIpc) is 3.71. The standard InChI is InChI=1S/C31H34Br2N10O2/c1-31(2,3)45-30(44)42-12-10-41(11-13-42)25(15-19-6-4-5-7-23(19)32)22-14-20(8-9-24(22)33)28-38-27(34)26-29(36-18-35-26)43(28)17-21-16-37-40-39-21/h4-9,14,16,18,25H,10-13,15,17H2,1-3H3,(H3,34,35,36,37,39,40)/p+1. The fraction of sp³-hybridized carbons (Fsp3) is 0.355. The largest absolute Gasteiger partial charge is 0.444 e. The topological polar surface area (TPSA) is 146 Å². The van der Waals surface area contributed by atoms with E-state index >= 15 is 0 Å². The molecule has 0 radical (unpaired) electrons. The summed E-state index contributed by atoms with van der Waals surface area (Å²) in [7, 11) is 0. The molecule has 1 amide bonds. The summed E-state index contributed by atoms with van der Waals surface area (Å²) in [6.45, 7) is 8.61. The second-order valence-corrected chi connectivity index (χ2v) is 13.7. The highest BCUT2D eigenvalue weighted by molar-refractivity contribution is 9.10. The van der Waals surface area contributed by atoms with E-state index in [1.165, 1.54) is 5.56 Å². The van der Waals surface area contributed by atoms with Gasteiger partial charge in [-0.25, -0.2) is 9.36 Å². The number of amides is 1. The average molecular weight is 739 g/mol. The zero-order valence-electron chi connectivity index (χ0n) is 25.3. The fourth-order valence-corrected chi connectivity index (χ4v) is 6.59. The van der Waals surface area contributed by atoms with E-state index in [0.29, 0.717) is 55.5 Å². The zero-order chi connectivity index (χ0) is 31.7. The Balaban J connectivity index is 1.39. The molecule has 1 fully saturated rings. The molecule has 45 heavy (non-hydrogen) atoms. The van der Waals surface area contributed by atoms with Gasteiger partial charge in [-0.2, -0.15) is 15.4 Å². The molecule has 1 unspecified atom stereocenters. The molecule has 1 atom stereocenters. The molecule has 1 aliphatic rings. The Bertz CT molecular complexity index is 1810. The second kappa shape index (κ2) is 12.9. The minimum Gasteiger partial charge on any atom is -0.444 e. The number of piperazine rings is 1. The molecule has 1 saturated heterocycles. The maximum Gasteiger partial charge on any atom is 0.410 e. The summed E-state index contributed by atoms with van der Waals surface area (Å²) in [6.07, 6.45) is 3.78. The van der Waals surface area contributed by atoms with Crippen molar-refractivity contribution in [3.63, 3.8) is 0 Å². The lowest BCUT2D eigenvalue weighted by molar-refractivity contribution is -0.656. The van der Waals surface area contributed by atoms with Crippen molar-refractivity contribution >= 4 is 54.9 Å². The van der Waals surface area contributed by atoms with Gasteiger partial charge in [-0.05, 0) is 62.6 Å². The Labute approximate surface area is 277 Å². The van der Waals surface area contributed by atoms with E-state index in [1.807, 2.05) is 37.5 Å². The number of nitrogens with one attached hydrogen (secondary N) is 2. The van der Waals surface area contributed by atoms with Gasteiger partial charge >= 0.3 is 6.09 Å². The van der Waals surface area contributed by atoms with Crippen LogP contribution >= 0.6 is 31.9 Å². The number of hydrogen-bond donors (Lipinski definition) is 3. The summed E-state index contributed by atoms with van der Waals surface area (Å²) < 4.78 is 9.68. The Hall–Kier alpha value is -3.88. The first-order valence-electron chi connectivity index (χ1n) is 14.7. The number of nitrogens with zero attached hydrogens (tertiary/aromatic N) is 7. The number of ether oxygens (including phenoxy) is 1. The lowest BCUT2D eigenvalue weighted by atomic mass is 9.95. The summed E-state index contributed by atoms with van der Waals surface area (Å²) >= 11 is 7.63. The number of benzene rings is 2. The predicted molar refractivity (Wildman–Crippen MR) is 177 cm³/mol. The number of hydrogen-bond acceptors (Lipinski definition) is 8. The van der Waals surface area contributed by atoms with E-state index < -0.39 is 5.60 Å². The Kier molecular flexibility index (Phi) is 8.89. The van der Waals surface area contributed by atoms with Gasteiger partial charge in [0.15, 0.2) is 11.8 Å². The number of nitrogen functional groups attached to an aromatic ring is 1. The van der Waals surface area contributed by atoms with E-state index in [0.717, 1.165) is 32.2 Å². The Morgan fingerprint density at radius 1 is 1.11 bits per heavy atom. The predicted octanol–water partition coefficient (Wildman–Crippen LogP) is 5.02. The van der Waals surface area contributed by atoms with Gasteiger partial charge < -0.3 is 20.4 Å². The third-order valence-corrected chi connectivity index (χ3v) is 9.29. The van der Waals surface area contributed by atoms with Crippen molar-refractivity contribution in [3.05, 3.63) is 80.8 Å². The van der Waals surface area contributed by atoms with Crippen LogP contribution in [0.25, 0.3) is 22.6 Å². The van der Waals surface area contributed by atoms with Gasteiger partial charge in [-0.3, -0.25) is 4.90 Å². The summed E-state index contributed by atoms with van der Waals surface area (Å²) in [6, 6.07) is 14.5. The quantitative estimate of drug-likeness (QED) is 0.198. The van der Waals surface area contributed by atoms with Gasteiger partial charge in [0.25, 0.3) is 11.5 Å². The second-order valence-electron chi connectivity index (χ2n) is 12.0. The summed E-state index contributed by atoms with van der Waals surface area (Å²) in [5.41, 5.74) is 11.1. The van der Waals surface area contributed by atoms with Gasteiger partial charge in [0.1, 0.15) is 17.8 Å². The monoisotopic (exact) mass is 737 g/mol. The van der Waals surface area contributed by atoms with Crippen LogP contribution in [-0.2, 0) is 17.7 Å². The number of carbonyl (C=O) groups is 1. The van der Waals surface area contributed by atoms with E-state index in [1.54, 1.807) is 17.4 Å². The van der Waals surface area contributed by atoms with Crippen LogP contribution in [0.15, 0.2) is 63.9 Å². The molecule has 6 rings (SSSR count). The molecule has 5 aromatic rings. The van der Waals surface area contributed by atoms with Crippen molar-refractivity contribution in [2.24, 2.45) is 0 Å². The minimum atomic E-state index is -0.539. The molecule has 1 aliphatic heterocycles. The number of fused-ring (bicyclic) bond motifs is 1. The summed E-state index contributed by atoms with van der Waals surface area (Å²) in [4.78, 5) is 29.6. The first-order chi connectivity index (χ1) is 21.6. The van der Waals surface area contributed by atoms with Crippen LogP contribution in [0.5, 0.6) is 0 Å². The lowest BCUT2D eigenvalue weighted by Gasteiger charge is -2.40. The molecule has 4 heterocycles. The van der Waals surface area contributed by atoms with Crippen LogP contribution in [0, 0.1) is 0 Å². The van der Waals surface area contributed by atoms with E-state index in [9.17, 15) is 4.79 Å². The molecule has 3 aromatic heterocycles. The van der Waals surface area contributed by atoms with Crippen LogP contribution in [0.3, 0.4) is 0 Å². The van der Waals surface area contributed by atoms with E-state index in [2.05, 4.69) is 92.5 Å². The Morgan fingerprint density at radius 3 is 2.60 bits per heavy atom. The van der Waals surface area contributed by atoms with Crippen LogP contribution < -0.4 is 10.3 Å². The van der Waals surface area contributed by atoms with E-state index in [-0.39, 0.29) is 12.1 Å². The van der Waals surface area contributed by atoms with Crippen molar-refractivity contribution in [1.29, 1.82) is 0 Å². The number of rotatable bonds is 7. The van der Waals surface area contributed by atoms with Crippen molar-refractivity contribution in [2.75, 3.05) is 31.9 Å². The van der Waals surface area contributed by atoms with Crippen molar-refractivity contribution < 1.29 is 14.1 Å². The highest BCUT2D eigenvalue weighted by Crippen LogP contribution is 2.36. The van der Waals surface area contributed by atoms with Crippen LogP contribution in [0.4, 0.5) is 10.6 Å². The number of nitrogens with two attached hydrogens (primary N) is 1. The number of H-pyrrole nitrogens is 2. The first-order valence-corrected chi connectivity index (χ1v) is 16.3. The molecule has 4 N–H and O–H groups in total. The molecule has 0 saturated carbocycles. The first kappa shape index (κ1) is 31.1. The minimum absolute atomic E-state index is 0.00531. The van der Waals surface area contributed by atoms with Crippen molar-refractivity contribution in [2.45, 2.75) is 45.4 Å². The van der Waals surface area contributed by atoms with E-state index in [4.69, 9.17) is 15.5 Å². The normalized spacial score (nSPS) is 15.0. The van der Waals surface area contributed by atoms with Gasteiger partial charge in [-0.15, -0.1) is 0 Å². The molecule has 0 spiro atoms. The molecule has 14 heteroatoms.